The molecule has 2 unspecified atom stereocenters. The Morgan fingerprint density at radius 1 is 1.27 bits per heavy atom. The standard InChI is InChI=1S/C16H17FN2O3/c1-9-7-12(8-14(20)18-9)16(22)19-10(2)15(21)11-3-5-13(17)6-4-11/h3-8,10,15,21H,1-2H3,(H,18,20)(H,19,22). The normalized spacial score (nSPS) is 13.5. The number of aliphatic hydroxyl groups excluding tert-OH is 1. The van der Waals surface area contributed by atoms with Crippen LogP contribution in [0.3, 0.4) is 0 Å². The zero-order chi connectivity index (χ0) is 16.3. The minimum Gasteiger partial charge on any atom is -0.386 e. The summed E-state index contributed by atoms with van der Waals surface area (Å²) in [6, 6.07) is 7.55. The van der Waals surface area contributed by atoms with Gasteiger partial charge in [-0.25, -0.2) is 4.39 Å². The molecule has 1 aromatic carbocycles. The number of hydrogen-bond donors (Lipinski definition) is 3. The topological polar surface area (TPSA) is 82.2 Å². The number of nitrogens with one attached hydrogen (secondary N) is 2. The lowest BCUT2D eigenvalue weighted by Crippen LogP contribution is -2.37. The smallest absolute Gasteiger partial charge is 0.251 e. The monoisotopic (exact) mass is 304 g/mol. The van der Waals surface area contributed by atoms with Crippen LogP contribution < -0.4 is 10.9 Å². The average Bonchev–Trinajstić information content (AvgIpc) is 2.46. The van der Waals surface area contributed by atoms with Crippen molar-refractivity contribution >= 4 is 5.91 Å². The number of pyridine rings is 1. The summed E-state index contributed by atoms with van der Waals surface area (Å²) in [6.07, 6.45) is -0.979. The lowest BCUT2D eigenvalue weighted by molar-refractivity contribution is 0.0851. The van der Waals surface area contributed by atoms with Crippen LogP contribution in [0.15, 0.2) is 41.2 Å². The Hall–Kier alpha value is -2.47. The minimum absolute atomic E-state index is 0.222. The Kier molecular flexibility index (Phi) is 4.72. The number of rotatable bonds is 4. The van der Waals surface area contributed by atoms with Gasteiger partial charge < -0.3 is 15.4 Å². The number of halogens is 1. The first-order valence-corrected chi connectivity index (χ1v) is 6.82. The fourth-order valence-electron chi connectivity index (χ4n) is 2.13. The van der Waals surface area contributed by atoms with E-state index in [2.05, 4.69) is 10.3 Å². The summed E-state index contributed by atoms with van der Waals surface area (Å²) in [4.78, 5) is 26.0. The first kappa shape index (κ1) is 15.9. The van der Waals surface area contributed by atoms with E-state index in [0.717, 1.165) is 0 Å². The van der Waals surface area contributed by atoms with Crippen LogP contribution in [0, 0.1) is 12.7 Å². The molecule has 0 spiro atoms. The van der Waals surface area contributed by atoms with E-state index in [0.29, 0.717) is 11.3 Å². The lowest BCUT2D eigenvalue weighted by Gasteiger charge is -2.20. The molecule has 2 atom stereocenters. The quantitative estimate of drug-likeness (QED) is 0.803. The SMILES string of the molecule is Cc1cc(C(=O)NC(C)C(O)c2ccc(F)cc2)cc(=O)[nH]1. The molecule has 0 aliphatic carbocycles. The molecular weight excluding hydrogens is 287 g/mol. The number of carbonyl (C=O) groups is 1. The number of aromatic nitrogens is 1. The molecule has 1 amide bonds. The molecule has 2 aromatic rings. The molecule has 0 radical (unpaired) electrons. The summed E-state index contributed by atoms with van der Waals surface area (Å²) < 4.78 is 12.9. The van der Waals surface area contributed by atoms with Crippen molar-refractivity contribution in [2.24, 2.45) is 0 Å². The second kappa shape index (κ2) is 6.53. The van der Waals surface area contributed by atoms with E-state index in [1.54, 1.807) is 19.9 Å². The molecule has 6 heteroatoms. The Morgan fingerprint density at radius 2 is 1.91 bits per heavy atom. The number of hydrogen-bond acceptors (Lipinski definition) is 3. The highest BCUT2D eigenvalue weighted by atomic mass is 19.1. The maximum Gasteiger partial charge on any atom is 0.251 e. The summed E-state index contributed by atoms with van der Waals surface area (Å²) in [6.45, 7) is 3.31. The average molecular weight is 304 g/mol. The zero-order valence-corrected chi connectivity index (χ0v) is 12.3. The summed E-state index contributed by atoms with van der Waals surface area (Å²) >= 11 is 0. The van der Waals surface area contributed by atoms with Gasteiger partial charge in [0, 0.05) is 17.3 Å². The summed E-state index contributed by atoms with van der Waals surface area (Å²) in [5.41, 5.74) is 0.928. The van der Waals surface area contributed by atoms with Gasteiger partial charge in [-0.05, 0) is 37.6 Å². The third kappa shape index (κ3) is 3.79. The first-order valence-electron chi connectivity index (χ1n) is 6.82. The van der Waals surface area contributed by atoms with Gasteiger partial charge >= 0.3 is 0 Å². The molecule has 0 saturated carbocycles. The van der Waals surface area contributed by atoms with Crippen molar-refractivity contribution in [3.8, 4) is 0 Å². The van der Waals surface area contributed by atoms with Crippen LogP contribution in [0.5, 0.6) is 0 Å². The summed E-state index contributed by atoms with van der Waals surface area (Å²) in [7, 11) is 0. The fourth-order valence-corrected chi connectivity index (χ4v) is 2.13. The number of aromatic amines is 1. The van der Waals surface area contributed by atoms with Crippen molar-refractivity contribution in [3.63, 3.8) is 0 Å². The number of benzene rings is 1. The van der Waals surface area contributed by atoms with Crippen molar-refractivity contribution in [2.75, 3.05) is 0 Å². The van der Waals surface area contributed by atoms with E-state index >= 15 is 0 Å². The Morgan fingerprint density at radius 3 is 2.50 bits per heavy atom. The van der Waals surface area contributed by atoms with E-state index in [4.69, 9.17) is 0 Å². The van der Waals surface area contributed by atoms with Crippen LogP contribution >= 0.6 is 0 Å². The highest BCUT2D eigenvalue weighted by molar-refractivity contribution is 5.94. The van der Waals surface area contributed by atoms with Crippen molar-refractivity contribution in [1.82, 2.24) is 10.3 Å². The molecule has 1 aromatic heterocycles. The molecule has 22 heavy (non-hydrogen) atoms. The Labute approximate surface area is 126 Å². The van der Waals surface area contributed by atoms with Gasteiger partial charge in [0.1, 0.15) is 5.82 Å². The van der Waals surface area contributed by atoms with Gasteiger partial charge in [0.05, 0.1) is 12.1 Å². The maximum absolute atomic E-state index is 12.9. The minimum atomic E-state index is -0.979. The van der Waals surface area contributed by atoms with Crippen molar-refractivity contribution in [3.05, 3.63) is 69.4 Å². The number of aryl methyl sites for hydroxylation is 1. The molecule has 2 rings (SSSR count). The van der Waals surface area contributed by atoms with E-state index in [1.807, 2.05) is 0 Å². The van der Waals surface area contributed by atoms with Crippen LogP contribution in [0.25, 0.3) is 0 Å². The van der Waals surface area contributed by atoms with Gasteiger partial charge in [-0.1, -0.05) is 12.1 Å². The number of amides is 1. The van der Waals surface area contributed by atoms with Crippen molar-refractivity contribution in [1.29, 1.82) is 0 Å². The molecule has 0 saturated heterocycles. The third-order valence-corrected chi connectivity index (χ3v) is 3.29. The number of carbonyl (C=O) groups excluding carboxylic acids is 1. The van der Waals surface area contributed by atoms with E-state index in [-0.39, 0.29) is 11.1 Å². The molecule has 1 heterocycles. The van der Waals surface area contributed by atoms with Gasteiger partial charge in [-0.2, -0.15) is 0 Å². The molecule has 0 fully saturated rings. The maximum atomic E-state index is 12.9. The molecule has 0 aliphatic heterocycles. The Bertz CT molecular complexity index is 725. The van der Waals surface area contributed by atoms with Crippen LogP contribution in [-0.4, -0.2) is 22.0 Å². The van der Waals surface area contributed by atoms with Crippen LogP contribution in [-0.2, 0) is 0 Å². The van der Waals surface area contributed by atoms with Gasteiger partial charge in [-0.3, -0.25) is 9.59 Å². The molecule has 0 bridgehead atoms. The van der Waals surface area contributed by atoms with Crippen LogP contribution in [0.4, 0.5) is 4.39 Å². The van der Waals surface area contributed by atoms with E-state index in [1.165, 1.54) is 30.3 Å². The largest absolute Gasteiger partial charge is 0.386 e. The third-order valence-electron chi connectivity index (χ3n) is 3.29. The predicted octanol–water partition coefficient (Wildman–Crippen LogP) is 1.67. The highest BCUT2D eigenvalue weighted by Gasteiger charge is 2.19. The van der Waals surface area contributed by atoms with Gasteiger partial charge in [-0.15, -0.1) is 0 Å². The molecule has 5 nitrogen and oxygen atoms in total. The lowest BCUT2D eigenvalue weighted by atomic mass is 10.0. The fraction of sp³-hybridized carbons (Fsp3) is 0.250. The highest BCUT2D eigenvalue weighted by Crippen LogP contribution is 2.17. The van der Waals surface area contributed by atoms with Gasteiger partial charge in [0.2, 0.25) is 5.56 Å². The van der Waals surface area contributed by atoms with Gasteiger partial charge in [0.25, 0.3) is 5.91 Å². The second-order valence-corrected chi connectivity index (χ2v) is 5.17. The molecule has 0 aliphatic rings. The number of H-pyrrole nitrogens is 1. The summed E-state index contributed by atoms with van der Waals surface area (Å²) in [5.74, 6) is -0.852. The number of aliphatic hydroxyl groups is 1. The van der Waals surface area contributed by atoms with E-state index in [9.17, 15) is 19.1 Å². The summed E-state index contributed by atoms with van der Waals surface area (Å²) in [5, 5.41) is 12.8. The second-order valence-electron chi connectivity index (χ2n) is 5.17. The first-order chi connectivity index (χ1) is 10.4. The Balaban J connectivity index is 2.10. The van der Waals surface area contributed by atoms with Crippen LogP contribution in [0.1, 0.15) is 34.6 Å². The van der Waals surface area contributed by atoms with Crippen molar-refractivity contribution in [2.45, 2.75) is 26.0 Å². The van der Waals surface area contributed by atoms with Crippen molar-refractivity contribution < 1.29 is 14.3 Å². The van der Waals surface area contributed by atoms with Crippen LogP contribution in [0.2, 0.25) is 0 Å². The zero-order valence-electron chi connectivity index (χ0n) is 12.3. The van der Waals surface area contributed by atoms with E-state index < -0.39 is 23.9 Å². The molecule has 116 valence electrons. The molecular formula is C16H17FN2O3. The predicted molar refractivity (Wildman–Crippen MR) is 80.1 cm³/mol. The molecule has 3 N–H and O–H groups in total. The van der Waals surface area contributed by atoms with Gasteiger partial charge in [0.15, 0.2) is 0 Å².